The van der Waals surface area contributed by atoms with E-state index in [1.54, 1.807) is 30.1 Å². The van der Waals surface area contributed by atoms with Crippen molar-refractivity contribution in [1.29, 1.82) is 0 Å². The van der Waals surface area contributed by atoms with Crippen LogP contribution in [0.25, 0.3) is 10.9 Å². The van der Waals surface area contributed by atoms with Crippen molar-refractivity contribution in [3.8, 4) is 0 Å². The highest BCUT2D eigenvalue weighted by Gasteiger charge is 2.23. The van der Waals surface area contributed by atoms with Crippen molar-refractivity contribution in [2.75, 3.05) is 20.6 Å². The van der Waals surface area contributed by atoms with Crippen molar-refractivity contribution in [2.45, 2.75) is 19.6 Å². The Morgan fingerprint density at radius 2 is 2.00 bits per heavy atom. The molecule has 8 heteroatoms. The molecular formula is C20H22N6O2. The van der Waals surface area contributed by atoms with Gasteiger partial charge in [-0.05, 0) is 18.2 Å². The number of rotatable bonds is 3. The third-order valence-corrected chi connectivity index (χ3v) is 4.78. The molecule has 0 atom stereocenters. The zero-order chi connectivity index (χ0) is 19.7. The van der Waals surface area contributed by atoms with Crippen LogP contribution in [0.15, 0.2) is 42.6 Å². The molecule has 28 heavy (non-hydrogen) atoms. The molecule has 0 fully saturated rings. The van der Waals surface area contributed by atoms with E-state index < -0.39 is 0 Å². The van der Waals surface area contributed by atoms with Gasteiger partial charge in [0.15, 0.2) is 0 Å². The number of fused-ring (bicyclic) bond motifs is 2. The number of urea groups is 1. The van der Waals surface area contributed by atoms with Crippen LogP contribution < -0.4 is 5.32 Å². The standard InChI is InChI=1S/C20H22N6O2/c1-24(2)20(28)25-7-8-26-17(13-25)10-16(23-26)12-22-19(27)15-9-14-5-3-4-6-18(14)21-11-15/h3-6,9-11H,7-8,12-13H2,1-2H3,(H,22,27). The van der Waals surface area contributed by atoms with Crippen molar-refractivity contribution in [3.63, 3.8) is 0 Å². The number of carbonyl (C=O) groups excluding carboxylic acids is 2. The van der Waals surface area contributed by atoms with E-state index in [0.29, 0.717) is 31.7 Å². The van der Waals surface area contributed by atoms with Crippen LogP contribution in [0.1, 0.15) is 21.7 Å². The fraction of sp³-hybridized carbons (Fsp3) is 0.300. The van der Waals surface area contributed by atoms with Gasteiger partial charge in [0.25, 0.3) is 5.91 Å². The van der Waals surface area contributed by atoms with Crippen molar-refractivity contribution in [1.82, 2.24) is 29.9 Å². The highest BCUT2D eigenvalue weighted by atomic mass is 16.2. The number of aromatic nitrogens is 3. The summed E-state index contributed by atoms with van der Waals surface area (Å²) in [6.45, 7) is 2.12. The van der Waals surface area contributed by atoms with Crippen LogP contribution >= 0.6 is 0 Å². The van der Waals surface area contributed by atoms with E-state index in [1.807, 2.05) is 41.1 Å². The van der Waals surface area contributed by atoms with E-state index in [-0.39, 0.29) is 11.9 Å². The third kappa shape index (κ3) is 3.53. The largest absolute Gasteiger partial charge is 0.346 e. The molecule has 0 saturated carbocycles. The molecule has 0 saturated heterocycles. The molecule has 0 spiro atoms. The molecule has 144 valence electrons. The van der Waals surface area contributed by atoms with Crippen LogP contribution in [0, 0.1) is 0 Å². The Bertz CT molecular complexity index is 1040. The number of hydrogen-bond acceptors (Lipinski definition) is 4. The lowest BCUT2D eigenvalue weighted by molar-refractivity contribution is 0.0950. The summed E-state index contributed by atoms with van der Waals surface area (Å²) >= 11 is 0. The highest BCUT2D eigenvalue weighted by Crippen LogP contribution is 2.16. The van der Waals surface area contributed by atoms with Gasteiger partial charge in [-0.15, -0.1) is 0 Å². The quantitative estimate of drug-likeness (QED) is 0.754. The summed E-state index contributed by atoms with van der Waals surface area (Å²) in [6, 6.07) is 11.5. The molecule has 4 rings (SSSR count). The molecule has 1 aromatic carbocycles. The number of amides is 3. The van der Waals surface area contributed by atoms with Crippen molar-refractivity contribution in [3.05, 3.63) is 59.5 Å². The molecule has 8 nitrogen and oxygen atoms in total. The van der Waals surface area contributed by atoms with Crippen LogP contribution in [0.3, 0.4) is 0 Å². The summed E-state index contributed by atoms with van der Waals surface area (Å²) < 4.78 is 1.90. The van der Waals surface area contributed by atoms with Crippen molar-refractivity contribution >= 4 is 22.8 Å². The summed E-state index contributed by atoms with van der Waals surface area (Å²) in [4.78, 5) is 32.3. The maximum absolute atomic E-state index is 12.5. The van der Waals surface area contributed by atoms with Gasteiger partial charge in [0, 0.05) is 32.2 Å². The Morgan fingerprint density at radius 3 is 2.82 bits per heavy atom. The van der Waals surface area contributed by atoms with Gasteiger partial charge in [-0.3, -0.25) is 14.5 Å². The lowest BCUT2D eigenvalue weighted by atomic mass is 10.1. The van der Waals surface area contributed by atoms with E-state index in [2.05, 4.69) is 15.4 Å². The van der Waals surface area contributed by atoms with Crippen LogP contribution in [-0.2, 0) is 19.6 Å². The zero-order valence-electron chi connectivity index (χ0n) is 15.9. The topological polar surface area (TPSA) is 83.4 Å². The van der Waals surface area contributed by atoms with Crippen molar-refractivity contribution in [2.24, 2.45) is 0 Å². The minimum absolute atomic E-state index is 0.00823. The second kappa shape index (κ2) is 7.30. The van der Waals surface area contributed by atoms with Gasteiger partial charge >= 0.3 is 6.03 Å². The molecule has 2 aromatic heterocycles. The van der Waals surface area contributed by atoms with E-state index in [9.17, 15) is 9.59 Å². The van der Waals surface area contributed by atoms with Gasteiger partial charge < -0.3 is 15.1 Å². The van der Waals surface area contributed by atoms with Crippen LogP contribution in [0.2, 0.25) is 0 Å². The number of benzene rings is 1. The molecule has 1 aliphatic heterocycles. The molecule has 0 radical (unpaired) electrons. The molecular weight excluding hydrogens is 356 g/mol. The van der Waals surface area contributed by atoms with Gasteiger partial charge in [0.1, 0.15) is 0 Å². The lowest BCUT2D eigenvalue weighted by Gasteiger charge is -2.29. The summed E-state index contributed by atoms with van der Waals surface area (Å²) in [7, 11) is 3.49. The number of carbonyl (C=O) groups is 2. The number of hydrogen-bond donors (Lipinski definition) is 1. The Kier molecular flexibility index (Phi) is 4.68. The van der Waals surface area contributed by atoms with E-state index in [0.717, 1.165) is 22.3 Å². The fourth-order valence-corrected chi connectivity index (χ4v) is 3.33. The predicted octanol–water partition coefficient (Wildman–Crippen LogP) is 1.86. The second-order valence-electron chi connectivity index (χ2n) is 7.05. The normalized spacial score (nSPS) is 13.3. The molecule has 0 unspecified atom stereocenters. The molecule has 3 aromatic rings. The fourth-order valence-electron chi connectivity index (χ4n) is 3.33. The minimum Gasteiger partial charge on any atom is -0.346 e. The molecule has 1 N–H and O–H groups in total. The third-order valence-electron chi connectivity index (χ3n) is 4.78. The summed E-state index contributed by atoms with van der Waals surface area (Å²) in [6.07, 6.45) is 1.58. The molecule has 0 aliphatic carbocycles. The average Bonchev–Trinajstić information content (AvgIpc) is 3.13. The Labute approximate surface area is 162 Å². The Morgan fingerprint density at radius 1 is 1.18 bits per heavy atom. The van der Waals surface area contributed by atoms with Crippen LogP contribution in [0.5, 0.6) is 0 Å². The SMILES string of the molecule is CN(C)C(=O)N1CCn2nc(CNC(=O)c3cnc4ccccc4c3)cc2C1. The minimum atomic E-state index is -0.186. The summed E-state index contributed by atoms with van der Waals surface area (Å²) in [5, 5.41) is 8.37. The Hall–Kier alpha value is -3.42. The molecule has 3 heterocycles. The van der Waals surface area contributed by atoms with E-state index >= 15 is 0 Å². The van der Waals surface area contributed by atoms with Gasteiger partial charge in [-0.1, -0.05) is 18.2 Å². The molecule has 0 bridgehead atoms. The molecule has 3 amide bonds. The van der Waals surface area contributed by atoms with Crippen LogP contribution in [0.4, 0.5) is 4.79 Å². The van der Waals surface area contributed by atoms with E-state index in [1.165, 1.54) is 0 Å². The number of nitrogens with zero attached hydrogens (tertiary/aromatic N) is 5. The van der Waals surface area contributed by atoms with Gasteiger partial charge in [-0.25, -0.2) is 4.79 Å². The highest BCUT2D eigenvalue weighted by molar-refractivity contribution is 5.97. The van der Waals surface area contributed by atoms with Gasteiger partial charge in [0.2, 0.25) is 0 Å². The smallest absolute Gasteiger partial charge is 0.319 e. The first-order chi connectivity index (χ1) is 13.5. The summed E-state index contributed by atoms with van der Waals surface area (Å²) in [5.41, 5.74) is 3.12. The second-order valence-corrected chi connectivity index (χ2v) is 7.05. The summed E-state index contributed by atoms with van der Waals surface area (Å²) in [5.74, 6) is -0.186. The van der Waals surface area contributed by atoms with Crippen LogP contribution in [-0.4, -0.2) is 57.1 Å². The number of para-hydroxylation sites is 1. The average molecular weight is 378 g/mol. The maximum atomic E-state index is 12.5. The lowest BCUT2D eigenvalue weighted by Crippen LogP contribution is -2.43. The van der Waals surface area contributed by atoms with Gasteiger partial charge in [-0.2, -0.15) is 5.10 Å². The first kappa shape index (κ1) is 18.0. The maximum Gasteiger partial charge on any atom is 0.319 e. The first-order valence-electron chi connectivity index (χ1n) is 9.16. The van der Waals surface area contributed by atoms with E-state index in [4.69, 9.17) is 0 Å². The van der Waals surface area contributed by atoms with Gasteiger partial charge in [0.05, 0.1) is 42.1 Å². The zero-order valence-corrected chi connectivity index (χ0v) is 15.9. The Balaban J connectivity index is 1.41. The van der Waals surface area contributed by atoms with Crippen molar-refractivity contribution < 1.29 is 9.59 Å². The predicted molar refractivity (Wildman–Crippen MR) is 105 cm³/mol. The number of nitrogens with one attached hydrogen (secondary N) is 1. The molecule has 1 aliphatic rings. The monoisotopic (exact) mass is 378 g/mol. The number of pyridine rings is 1. The first-order valence-corrected chi connectivity index (χ1v) is 9.16.